The average Bonchev–Trinajstić information content (AvgIpc) is 3.22. The minimum atomic E-state index is -0.768. The standard InChI is InChI=1S/C31H23NO6S/c1-19-3-12-24(13-4-19)39-25-14-8-22(9-15-25)32-29(34)26-16-7-21(17-27(26)30(32)35)31(36)38-18-28(33)20-5-10-23(37-2)11-6-20/h3-17H,18H2,1-2H3. The highest BCUT2D eigenvalue weighted by atomic mass is 32.2. The van der Waals surface area contributed by atoms with Crippen molar-refractivity contribution in [2.24, 2.45) is 0 Å². The number of ketones is 1. The maximum atomic E-state index is 13.2. The van der Waals surface area contributed by atoms with Gasteiger partial charge in [-0.05, 0) is 85.8 Å². The van der Waals surface area contributed by atoms with Gasteiger partial charge < -0.3 is 9.47 Å². The maximum Gasteiger partial charge on any atom is 0.338 e. The molecule has 0 saturated heterocycles. The number of carbonyl (C=O) groups is 4. The molecule has 0 aromatic heterocycles. The summed E-state index contributed by atoms with van der Waals surface area (Å²) in [6, 6.07) is 25.9. The van der Waals surface area contributed by atoms with E-state index in [1.165, 1.54) is 30.9 Å². The fourth-order valence-corrected chi connectivity index (χ4v) is 4.90. The van der Waals surface area contributed by atoms with E-state index in [0.29, 0.717) is 17.0 Å². The van der Waals surface area contributed by atoms with E-state index >= 15 is 0 Å². The van der Waals surface area contributed by atoms with Gasteiger partial charge in [0.05, 0.1) is 29.5 Å². The summed E-state index contributed by atoms with van der Waals surface area (Å²) in [5.74, 6) is -1.54. The largest absolute Gasteiger partial charge is 0.497 e. The first kappa shape index (κ1) is 25.9. The second kappa shape index (κ2) is 11.0. The number of amides is 2. The first-order valence-electron chi connectivity index (χ1n) is 12.1. The quantitative estimate of drug-likeness (QED) is 0.155. The molecule has 0 radical (unpaired) electrons. The van der Waals surface area contributed by atoms with Crippen molar-refractivity contribution < 1.29 is 28.7 Å². The fraction of sp³-hybridized carbons (Fsp3) is 0.0968. The lowest BCUT2D eigenvalue weighted by molar-refractivity contribution is 0.0474. The average molecular weight is 538 g/mol. The Kier molecular flexibility index (Phi) is 7.29. The number of hydrogen-bond donors (Lipinski definition) is 0. The van der Waals surface area contributed by atoms with Gasteiger partial charge in [-0.3, -0.25) is 14.4 Å². The third-order valence-corrected chi connectivity index (χ3v) is 7.24. The molecule has 194 valence electrons. The normalized spacial score (nSPS) is 12.3. The number of nitrogens with zero attached hydrogens (tertiary/aromatic N) is 1. The Morgan fingerprint density at radius 3 is 1.97 bits per heavy atom. The number of Topliss-reactive ketones (excluding diaryl/α,β-unsaturated/α-hetero) is 1. The Balaban J connectivity index is 1.26. The van der Waals surface area contributed by atoms with Gasteiger partial charge in [0.15, 0.2) is 12.4 Å². The number of aryl methyl sites for hydroxylation is 1. The van der Waals surface area contributed by atoms with Crippen molar-refractivity contribution >= 4 is 41.0 Å². The summed E-state index contributed by atoms with van der Waals surface area (Å²) in [7, 11) is 1.52. The van der Waals surface area contributed by atoms with Gasteiger partial charge in [0, 0.05) is 15.4 Å². The number of benzene rings is 4. The second-order valence-electron chi connectivity index (χ2n) is 8.84. The summed E-state index contributed by atoms with van der Waals surface area (Å²) < 4.78 is 10.2. The van der Waals surface area contributed by atoms with E-state index in [-0.39, 0.29) is 22.5 Å². The van der Waals surface area contributed by atoms with E-state index in [0.717, 1.165) is 14.7 Å². The van der Waals surface area contributed by atoms with E-state index < -0.39 is 24.4 Å². The van der Waals surface area contributed by atoms with Crippen LogP contribution in [-0.4, -0.2) is 37.3 Å². The number of carbonyl (C=O) groups excluding carboxylic acids is 4. The molecule has 0 fully saturated rings. The minimum Gasteiger partial charge on any atom is -0.497 e. The summed E-state index contributed by atoms with van der Waals surface area (Å²) in [6.45, 7) is 1.57. The zero-order valence-electron chi connectivity index (χ0n) is 21.2. The van der Waals surface area contributed by atoms with Crippen molar-refractivity contribution in [3.63, 3.8) is 0 Å². The number of hydrogen-bond acceptors (Lipinski definition) is 7. The molecule has 7 nitrogen and oxygen atoms in total. The molecule has 39 heavy (non-hydrogen) atoms. The summed E-state index contributed by atoms with van der Waals surface area (Å²) >= 11 is 1.58. The molecule has 0 aliphatic carbocycles. The predicted molar refractivity (Wildman–Crippen MR) is 147 cm³/mol. The van der Waals surface area contributed by atoms with E-state index in [1.54, 1.807) is 48.2 Å². The molecule has 1 heterocycles. The molecular formula is C31H23NO6S. The number of methoxy groups -OCH3 is 1. The number of ether oxygens (including phenoxy) is 2. The SMILES string of the molecule is COc1ccc(C(=O)COC(=O)c2ccc3c(c2)C(=O)N(c2ccc(Sc4ccc(C)cc4)cc2)C3=O)cc1. The van der Waals surface area contributed by atoms with Crippen LogP contribution in [0.5, 0.6) is 5.75 Å². The lowest BCUT2D eigenvalue weighted by Gasteiger charge is -2.14. The number of anilines is 1. The van der Waals surface area contributed by atoms with Crippen molar-refractivity contribution in [3.05, 3.63) is 119 Å². The van der Waals surface area contributed by atoms with Gasteiger partial charge in [-0.25, -0.2) is 9.69 Å². The van der Waals surface area contributed by atoms with E-state index in [2.05, 4.69) is 0 Å². The monoisotopic (exact) mass is 537 g/mol. The Labute approximate surface area is 229 Å². The van der Waals surface area contributed by atoms with Crippen LogP contribution in [0.15, 0.2) is 101 Å². The highest BCUT2D eigenvalue weighted by Gasteiger charge is 2.37. The molecule has 0 bridgehead atoms. The van der Waals surface area contributed by atoms with E-state index in [4.69, 9.17) is 9.47 Å². The van der Waals surface area contributed by atoms with E-state index in [1.807, 2.05) is 43.3 Å². The highest BCUT2D eigenvalue weighted by molar-refractivity contribution is 7.99. The van der Waals surface area contributed by atoms with Gasteiger partial charge in [-0.15, -0.1) is 0 Å². The van der Waals surface area contributed by atoms with Crippen LogP contribution in [0.25, 0.3) is 0 Å². The van der Waals surface area contributed by atoms with Crippen molar-refractivity contribution in [3.8, 4) is 5.75 Å². The Bertz CT molecular complexity index is 1580. The lowest BCUT2D eigenvalue weighted by Crippen LogP contribution is -2.29. The predicted octanol–water partition coefficient (Wildman–Crippen LogP) is 6.00. The summed E-state index contributed by atoms with van der Waals surface area (Å²) in [4.78, 5) is 54.4. The fourth-order valence-electron chi connectivity index (χ4n) is 4.08. The Morgan fingerprint density at radius 2 is 1.33 bits per heavy atom. The summed E-state index contributed by atoms with van der Waals surface area (Å²) in [6.07, 6.45) is 0. The molecule has 0 spiro atoms. The number of fused-ring (bicyclic) bond motifs is 1. The van der Waals surface area contributed by atoms with Crippen LogP contribution < -0.4 is 9.64 Å². The van der Waals surface area contributed by atoms with Gasteiger partial charge in [-0.1, -0.05) is 29.5 Å². The van der Waals surface area contributed by atoms with Crippen molar-refractivity contribution in [2.75, 3.05) is 18.6 Å². The molecule has 4 aromatic rings. The Hall–Kier alpha value is -4.69. The molecule has 0 saturated carbocycles. The smallest absolute Gasteiger partial charge is 0.338 e. The van der Waals surface area contributed by atoms with Crippen molar-refractivity contribution in [1.82, 2.24) is 0 Å². The first-order chi connectivity index (χ1) is 18.8. The maximum absolute atomic E-state index is 13.2. The topological polar surface area (TPSA) is 90.0 Å². The van der Waals surface area contributed by atoms with Crippen LogP contribution >= 0.6 is 11.8 Å². The first-order valence-corrected chi connectivity index (χ1v) is 12.9. The molecule has 1 aliphatic heterocycles. The highest BCUT2D eigenvalue weighted by Crippen LogP contribution is 2.33. The van der Waals surface area contributed by atoms with Gasteiger partial charge in [-0.2, -0.15) is 0 Å². The summed E-state index contributed by atoms with van der Waals surface area (Å²) in [5.41, 5.74) is 2.36. The van der Waals surface area contributed by atoms with E-state index in [9.17, 15) is 19.2 Å². The second-order valence-corrected chi connectivity index (χ2v) is 9.99. The number of imide groups is 1. The third-order valence-electron chi connectivity index (χ3n) is 6.22. The van der Waals surface area contributed by atoms with Crippen LogP contribution in [0.2, 0.25) is 0 Å². The number of esters is 1. The lowest BCUT2D eigenvalue weighted by atomic mass is 10.1. The molecule has 1 aliphatic rings. The molecule has 5 rings (SSSR count). The van der Waals surface area contributed by atoms with Gasteiger partial charge >= 0.3 is 5.97 Å². The van der Waals surface area contributed by atoms with Crippen LogP contribution in [0.1, 0.15) is 47.0 Å². The zero-order valence-corrected chi connectivity index (χ0v) is 22.0. The third kappa shape index (κ3) is 5.46. The molecule has 0 N–H and O–H groups in total. The van der Waals surface area contributed by atoms with Crippen LogP contribution in [0, 0.1) is 6.92 Å². The van der Waals surface area contributed by atoms with Crippen LogP contribution in [0.3, 0.4) is 0 Å². The van der Waals surface area contributed by atoms with Crippen molar-refractivity contribution in [2.45, 2.75) is 16.7 Å². The van der Waals surface area contributed by atoms with Gasteiger partial charge in [0.25, 0.3) is 11.8 Å². The zero-order chi connectivity index (χ0) is 27.5. The molecule has 4 aromatic carbocycles. The molecule has 0 atom stereocenters. The minimum absolute atomic E-state index is 0.0733. The molecule has 2 amide bonds. The number of rotatable bonds is 8. The molecule has 0 unspecified atom stereocenters. The molecular weight excluding hydrogens is 514 g/mol. The van der Waals surface area contributed by atoms with Gasteiger partial charge in [0.2, 0.25) is 0 Å². The van der Waals surface area contributed by atoms with Gasteiger partial charge in [0.1, 0.15) is 5.75 Å². The van der Waals surface area contributed by atoms with Crippen LogP contribution in [0.4, 0.5) is 5.69 Å². The molecule has 8 heteroatoms. The van der Waals surface area contributed by atoms with Crippen molar-refractivity contribution in [1.29, 1.82) is 0 Å². The Morgan fingerprint density at radius 1 is 0.744 bits per heavy atom. The van der Waals surface area contributed by atoms with Crippen LogP contribution in [-0.2, 0) is 4.74 Å². The summed E-state index contributed by atoms with van der Waals surface area (Å²) in [5, 5.41) is 0.